The Morgan fingerprint density at radius 2 is 2.11 bits per heavy atom. The predicted molar refractivity (Wildman–Crippen MR) is 72.4 cm³/mol. The van der Waals surface area contributed by atoms with E-state index in [1.165, 1.54) is 23.5 Å². The van der Waals surface area contributed by atoms with Gasteiger partial charge in [-0.1, -0.05) is 0 Å². The quantitative estimate of drug-likeness (QED) is 0.863. The zero-order valence-electron chi connectivity index (χ0n) is 10.5. The van der Waals surface area contributed by atoms with E-state index in [0.29, 0.717) is 16.3 Å². The average molecular weight is 280 g/mol. The second-order valence-corrected chi connectivity index (χ2v) is 5.99. The minimum Gasteiger partial charge on any atom is -0.375 e. The molecule has 3 rings (SSSR count). The minimum atomic E-state index is -0.360. The predicted octanol–water partition coefficient (Wildman–Crippen LogP) is 3.78. The van der Waals surface area contributed by atoms with Gasteiger partial charge in [0.15, 0.2) is 5.13 Å². The molecule has 0 bridgehead atoms. The molecule has 0 radical (unpaired) electrons. The highest BCUT2D eigenvalue weighted by Crippen LogP contribution is 2.41. The molecule has 1 heterocycles. The van der Waals surface area contributed by atoms with Crippen molar-refractivity contribution in [1.29, 1.82) is 0 Å². The van der Waals surface area contributed by atoms with Crippen LogP contribution in [0.2, 0.25) is 0 Å². The Kier molecular flexibility index (Phi) is 3.01. The fraction of sp³-hybridized carbons (Fsp3) is 0.357. The molecule has 2 aromatic rings. The van der Waals surface area contributed by atoms with E-state index >= 15 is 0 Å². The van der Waals surface area contributed by atoms with Gasteiger partial charge in [0.25, 0.3) is 0 Å². The van der Waals surface area contributed by atoms with E-state index in [1.54, 1.807) is 6.92 Å². The van der Waals surface area contributed by atoms with Crippen molar-refractivity contribution in [3.05, 3.63) is 45.5 Å². The highest BCUT2D eigenvalue weighted by atomic mass is 32.1. The van der Waals surface area contributed by atoms with Gasteiger partial charge in [-0.25, -0.2) is 13.8 Å². The van der Waals surface area contributed by atoms with E-state index in [4.69, 9.17) is 5.73 Å². The molecule has 0 saturated heterocycles. The molecule has 100 valence electrons. The molecule has 1 aromatic carbocycles. The van der Waals surface area contributed by atoms with Crippen LogP contribution in [-0.2, 0) is 6.42 Å². The molecule has 1 unspecified atom stereocenters. The van der Waals surface area contributed by atoms with E-state index in [2.05, 4.69) is 4.98 Å². The largest absolute Gasteiger partial charge is 0.375 e. The zero-order valence-corrected chi connectivity index (χ0v) is 11.4. The van der Waals surface area contributed by atoms with Gasteiger partial charge in [-0.3, -0.25) is 0 Å². The first kappa shape index (κ1) is 12.5. The SMILES string of the molecule is Cc1cc(F)c(C2CCCc3nc(N)sc32)cc1F. The van der Waals surface area contributed by atoms with Crippen LogP contribution in [0.3, 0.4) is 0 Å². The van der Waals surface area contributed by atoms with Gasteiger partial charge in [0, 0.05) is 10.8 Å². The maximum Gasteiger partial charge on any atom is 0.180 e. The van der Waals surface area contributed by atoms with Crippen molar-refractivity contribution in [2.24, 2.45) is 0 Å². The summed E-state index contributed by atoms with van der Waals surface area (Å²) in [5, 5.41) is 0.505. The summed E-state index contributed by atoms with van der Waals surface area (Å²) in [5.74, 6) is -0.821. The van der Waals surface area contributed by atoms with Crippen molar-refractivity contribution < 1.29 is 8.78 Å². The van der Waals surface area contributed by atoms with Crippen LogP contribution >= 0.6 is 11.3 Å². The number of aromatic nitrogens is 1. The Bertz CT molecular complexity index is 637. The summed E-state index contributed by atoms with van der Waals surface area (Å²) in [4.78, 5) is 5.27. The number of aryl methyl sites for hydroxylation is 2. The molecule has 5 heteroatoms. The first-order valence-electron chi connectivity index (χ1n) is 6.27. The lowest BCUT2D eigenvalue weighted by molar-refractivity contribution is 0.544. The Morgan fingerprint density at radius 3 is 2.89 bits per heavy atom. The van der Waals surface area contributed by atoms with Crippen LogP contribution in [0.5, 0.6) is 0 Å². The molecule has 2 N–H and O–H groups in total. The van der Waals surface area contributed by atoms with Gasteiger partial charge < -0.3 is 5.73 Å². The maximum absolute atomic E-state index is 14.1. The molecule has 1 aromatic heterocycles. The number of halogens is 2. The van der Waals surface area contributed by atoms with Crippen LogP contribution < -0.4 is 5.73 Å². The Hall–Kier alpha value is -1.49. The highest BCUT2D eigenvalue weighted by molar-refractivity contribution is 7.15. The number of thiazole rings is 1. The molecule has 0 amide bonds. The van der Waals surface area contributed by atoms with E-state index < -0.39 is 0 Å². The third kappa shape index (κ3) is 2.12. The standard InChI is InChI=1S/C14H14F2N2S/c1-7-5-11(16)9(6-10(7)15)8-3-2-4-12-13(8)19-14(17)18-12/h5-6,8H,2-4H2,1H3,(H2,17,18). The van der Waals surface area contributed by atoms with Crippen LogP contribution in [-0.4, -0.2) is 4.98 Å². The summed E-state index contributed by atoms with van der Waals surface area (Å²) >= 11 is 1.39. The average Bonchev–Trinajstić information content (AvgIpc) is 2.74. The number of benzene rings is 1. The van der Waals surface area contributed by atoms with E-state index in [1.807, 2.05) is 0 Å². The first-order chi connectivity index (χ1) is 9.06. The second-order valence-electron chi connectivity index (χ2n) is 4.93. The number of nitrogens with zero attached hydrogens (tertiary/aromatic N) is 1. The molecule has 0 fully saturated rings. The second kappa shape index (κ2) is 4.56. The molecule has 0 saturated carbocycles. The van der Waals surface area contributed by atoms with E-state index in [0.717, 1.165) is 29.8 Å². The van der Waals surface area contributed by atoms with Crippen molar-refractivity contribution in [1.82, 2.24) is 4.98 Å². The van der Waals surface area contributed by atoms with Crippen LogP contribution in [0.1, 0.15) is 40.5 Å². The molecular weight excluding hydrogens is 266 g/mol. The Morgan fingerprint density at radius 1 is 1.32 bits per heavy atom. The normalized spacial score (nSPS) is 18.4. The topological polar surface area (TPSA) is 38.9 Å². The van der Waals surface area contributed by atoms with E-state index in [9.17, 15) is 8.78 Å². The van der Waals surface area contributed by atoms with Crippen molar-refractivity contribution in [2.45, 2.75) is 32.1 Å². The first-order valence-corrected chi connectivity index (χ1v) is 7.08. The summed E-state index contributed by atoms with van der Waals surface area (Å²) in [5.41, 5.74) is 7.43. The minimum absolute atomic E-state index is 0.117. The number of nitrogens with two attached hydrogens (primary N) is 1. The fourth-order valence-corrected chi connectivity index (χ4v) is 3.70. The lowest BCUT2D eigenvalue weighted by Gasteiger charge is -2.22. The van der Waals surface area contributed by atoms with Crippen molar-refractivity contribution in [2.75, 3.05) is 5.73 Å². The summed E-state index contributed by atoms with van der Waals surface area (Å²) in [7, 11) is 0. The molecular formula is C14H14F2N2S. The number of hydrogen-bond acceptors (Lipinski definition) is 3. The number of nitrogen functional groups attached to an aromatic ring is 1. The molecule has 1 aliphatic carbocycles. The fourth-order valence-electron chi connectivity index (χ4n) is 2.66. The van der Waals surface area contributed by atoms with Crippen LogP contribution in [0.25, 0.3) is 0 Å². The number of anilines is 1. The van der Waals surface area contributed by atoms with Crippen LogP contribution in [0, 0.1) is 18.6 Å². The summed E-state index contributed by atoms with van der Waals surface area (Å²) in [6.45, 7) is 1.57. The molecule has 1 aliphatic rings. The Labute approximate surface area is 114 Å². The lowest BCUT2D eigenvalue weighted by atomic mass is 9.85. The molecule has 0 aliphatic heterocycles. The van der Waals surface area contributed by atoms with Gasteiger partial charge >= 0.3 is 0 Å². The van der Waals surface area contributed by atoms with Crippen LogP contribution in [0.4, 0.5) is 13.9 Å². The molecule has 0 spiro atoms. The van der Waals surface area contributed by atoms with Gasteiger partial charge in [0.1, 0.15) is 11.6 Å². The summed E-state index contributed by atoms with van der Waals surface area (Å²) in [6.07, 6.45) is 2.61. The van der Waals surface area contributed by atoms with E-state index in [-0.39, 0.29) is 17.6 Å². The zero-order chi connectivity index (χ0) is 13.6. The molecule has 19 heavy (non-hydrogen) atoms. The highest BCUT2D eigenvalue weighted by Gasteiger charge is 2.28. The Balaban J connectivity index is 2.11. The third-order valence-electron chi connectivity index (χ3n) is 3.62. The number of rotatable bonds is 1. The monoisotopic (exact) mass is 280 g/mol. The summed E-state index contributed by atoms with van der Waals surface area (Å²) in [6, 6.07) is 2.59. The van der Waals surface area contributed by atoms with Crippen molar-refractivity contribution in [3.8, 4) is 0 Å². The van der Waals surface area contributed by atoms with Gasteiger partial charge in [-0.05, 0) is 49.4 Å². The van der Waals surface area contributed by atoms with Crippen molar-refractivity contribution in [3.63, 3.8) is 0 Å². The summed E-state index contributed by atoms with van der Waals surface area (Å²) < 4.78 is 27.8. The van der Waals surface area contributed by atoms with Gasteiger partial charge in [0.2, 0.25) is 0 Å². The smallest absolute Gasteiger partial charge is 0.180 e. The van der Waals surface area contributed by atoms with Crippen LogP contribution in [0.15, 0.2) is 12.1 Å². The van der Waals surface area contributed by atoms with Gasteiger partial charge in [-0.15, -0.1) is 11.3 Å². The maximum atomic E-state index is 14.1. The van der Waals surface area contributed by atoms with Gasteiger partial charge in [0.05, 0.1) is 5.69 Å². The third-order valence-corrected chi connectivity index (χ3v) is 4.66. The molecule has 1 atom stereocenters. The van der Waals surface area contributed by atoms with Gasteiger partial charge in [-0.2, -0.15) is 0 Å². The lowest BCUT2D eigenvalue weighted by Crippen LogP contribution is -2.11. The number of fused-ring (bicyclic) bond motifs is 1. The van der Waals surface area contributed by atoms with Crippen molar-refractivity contribution >= 4 is 16.5 Å². The molecule has 2 nitrogen and oxygen atoms in total. The number of hydrogen-bond donors (Lipinski definition) is 1.